The highest BCUT2D eigenvalue weighted by atomic mass is 16.5. The third kappa shape index (κ3) is 5.17. The second-order valence-corrected chi connectivity index (χ2v) is 4.32. The fourth-order valence-electron chi connectivity index (χ4n) is 1.75. The highest BCUT2D eigenvalue weighted by Gasteiger charge is 2.21. The van der Waals surface area contributed by atoms with Crippen LogP contribution in [0.15, 0.2) is 35.5 Å². The van der Waals surface area contributed by atoms with Crippen LogP contribution >= 0.6 is 0 Å². The van der Waals surface area contributed by atoms with Crippen LogP contribution in [0.1, 0.15) is 19.8 Å². The third-order valence-electron chi connectivity index (χ3n) is 2.78. The van der Waals surface area contributed by atoms with E-state index in [9.17, 15) is 4.79 Å². The van der Waals surface area contributed by atoms with Gasteiger partial charge >= 0.3 is 0 Å². The largest absolute Gasteiger partial charge is 0.492 e. The first-order chi connectivity index (χ1) is 9.69. The zero-order valence-electron chi connectivity index (χ0n) is 11.6. The average Bonchev–Trinajstić information content (AvgIpc) is 2.49. The van der Waals surface area contributed by atoms with Crippen molar-refractivity contribution in [2.45, 2.75) is 19.8 Å². The van der Waals surface area contributed by atoms with E-state index in [2.05, 4.69) is 10.5 Å². The molecule has 0 saturated heterocycles. The lowest BCUT2D eigenvalue weighted by Gasteiger charge is -2.14. The van der Waals surface area contributed by atoms with E-state index >= 15 is 0 Å². The quantitative estimate of drug-likeness (QED) is 0.220. The minimum Gasteiger partial charge on any atom is -0.492 e. The van der Waals surface area contributed by atoms with Crippen molar-refractivity contribution in [3.8, 4) is 5.75 Å². The number of oxime groups is 1. The van der Waals surface area contributed by atoms with E-state index in [1.54, 1.807) is 0 Å². The molecule has 1 amide bonds. The molecule has 20 heavy (non-hydrogen) atoms. The van der Waals surface area contributed by atoms with Crippen molar-refractivity contribution >= 4 is 11.7 Å². The molecule has 0 fully saturated rings. The molecule has 4 N–H and O–H groups in total. The zero-order valence-corrected chi connectivity index (χ0v) is 11.6. The van der Waals surface area contributed by atoms with Crippen LogP contribution in [0.2, 0.25) is 0 Å². The first-order valence-electron chi connectivity index (χ1n) is 6.62. The number of amidine groups is 1. The number of benzene rings is 1. The second kappa shape index (κ2) is 8.79. The van der Waals surface area contributed by atoms with Gasteiger partial charge in [-0.05, 0) is 18.6 Å². The maximum Gasteiger partial charge on any atom is 0.230 e. The summed E-state index contributed by atoms with van der Waals surface area (Å²) in [5, 5.41) is 14.3. The molecule has 1 rings (SSSR count). The lowest BCUT2D eigenvalue weighted by atomic mass is 10.0. The van der Waals surface area contributed by atoms with Crippen LogP contribution in [-0.2, 0) is 4.79 Å². The van der Waals surface area contributed by atoms with Gasteiger partial charge < -0.3 is 21.0 Å². The predicted octanol–water partition coefficient (Wildman–Crippen LogP) is 1.34. The van der Waals surface area contributed by atoms with E-state index in [0.29, 0.717) is 19.6 Å². The van der Waals surface area contributed by atoms with Crippen molar-refractivity contribution in [3.05, 3.63) is 30.3 Å². The SMILES string of the molecule is CCCC(C(=O)NCCOc1ccccc1)C(N)=NO. The average molecular weight is 279 g/mol. The topological polar surface area (TPSA) is 96.9 Å². The number of amides is 1. The van der Waals surface area contributed by atoms with E-state index in [1.165, 1.54) is 0 Å². The van der Waals surface area contributed by atoms with E-state index < -0.39 is 5.92 Å². The minimum absolute atomic E-state index is 0.0617. The van der Waals surface area contributed by atoms with Gasteiger partial charge in [-0.1, -0.05) is 36.7 Å². The molecule has 6 nitrogen and oxygen atoms in total. The highest BCUT2D eigenvalue weighted by molar-refractivity contribution is 6.02. The molecule has 0 spiro atoms. The molecule has 1 aromatic carbocycles. The van der Waals surface area contributed by atoms with E-state index in [1.807, 2.05) is 37.3 Å². The van der Waals surface area contributed by atoms with Crippen molar-refractivity contribution in [1.29, 1.82) is 0 Å². The Morgan fingerprint density at radius 3 is 2.75 bits per heavy atom. The lowest BCUT2D eigenvalue weighted by molar-refractivity contribution is -0.123. The number of nitrogens with two attached hydrogens (primary N) is 1. The monoisotopic (exact) mass is 279 g/mol. The smallest absolute Gasteiger partial charge is 0.230 e. The number of para-hydroxylation sites is 1. The number of nitrogens with one attached hydrogen (secondary N) is 1. The van der Waals surface area contributed by atoms with Crippen LogP contribution in [-0.4, -0.2) is 30.1 Å². The van der Waals surface area contributed by atoms with Crippen LogP contribution in [0.25, 0.3) is 0 Å². The standard InChI is InChI=1S/C14H21N3O3/c1-2-6-12(13(15)17-19)14(18)16-9-10-20-11-7-4-3-5-8-11/h3-5,7-8,12,19H,2,6,9-10H2,1H3,(H2,15,17)(H,16,18). The van der Waals surface area contributed by atoms with Gasteiger partial charge in [0.1, 0.15) is 12.4 Å². The molecule has 0 aliphatic heterocycles. The molecule has 1 atom stereocenters. The summed E-state index contributed by atoms with van der Waals surface area (Å²) in [5.74, 6) is -0.155. The molecule has 0 bridgehead atoms. The Hall–Kier alpha value is -2.24. The summed E-state index contributed by atoms with van der Waals surface area (Å²) >= 11 is 0. The van der Waals surface area contributed by atoms with Gasteiger partial charge in [-0.15, -0.1) is 0 Å². The lowest BCUT2D eigenvalue weighted by Crippen LogP contribution is -2.40. The molecule has 6 heteroatoms. The molecule has 110 valence electrons. The van der Waals surface area contributed by atoms with Gasteiger partial charge in [0, 0.05) is 0 Å². The zero-order chi connectivity index (χ0) is 14.8. The normalized spacial score (nSPS) is 12.8. The molecule has 1 unspecified atom stereocenters. The number of hydrogen-bond donors (Lipinski definition) is 3. The van der Waals surface area contributed by atoms with Crippen LogP contribution in [0.4, 0.5) is 0 Å². The van der Waals surface area contributed by atoms with Crippen molar-refractivity contribution in [3.63, 3.8) is 0 Å². The number of nitrogens with zero attached hydrogens (tertiary/aromatic N) is 1. The Morgan fingerprint density at radius 1 is 1.45 bits per heavy atom. The van der Waals surface area contributed by atoms with Crippen molar-refractivity contribution < 1.29 is 14.7 Å². The maximum absolute atomic E-state index is 11.9. The Morgan fingerprint density at radius 2 is 2.15 bits per heavy atom. The number of hydrogen-bond acceptors (Lipinski definition) is 4. The number of ether oxygens (including phenoxy) is 1. The minimum atomic E-state index is -0.596. The summed E-state index contributed by atoms with van der Waals surface area (Å²) in [4.78, 5) is 11.9. The molecular formula is C14H21N3O3. The first-order valence-corrected chi connectivity index (χ1v) is 6.62. The summed E-state index contributed by atoms with van der Waals surface area (Å²) in [5.41, 5.74) is 5.51. The molecule has 0 aromatic heterocycles. The summed E-state index contributed by atoms with van der Waals surface area (Å²) in [7, 11) is 0. The van der Waals surface area contributed by atoms with E-state index in [4.69, 9.17) is 15.7 Å². The number of rotatable bonds is 8. The van der Waals surface area contributed by atoms with Gasteiger partial charge in [0.05, 0.1) is 12.5 Å². The van der Waals surface area contributed by atoms with Gasteiger partial charge in [-0.3, -0.25) is 4.79 Å². The Labute approximate surface area is 118 Å². The van der Waals surface area contributed by atoms with E-state index in [-0.39, 0.29) is 11.7 Å². The highest BCUT2D eigenvalue weighted by Crippen LogP contribution is 2.08. The molecule has 0 heterocycles. The van der Waals surface area contributed by atoms with Crippen LogP contribution in [0.5, 0.6) is 5.75 Å². The first kappa shape index (κ1) is 15.8. The second-order valence-electron chi connectivity index (χ2n) is 4.32. The summed E-state index contributed by atoms with van der Waals surface area (Å²) in [6.07, 6.45) is 1.32. The summed E-state index contributed by atoms with van der Waals surface area (Å²) in [6, 6.07) is 9.35. The Kier molecular flexibility index (Phi) is 6.95. The van der Waals surface area contributed by atoms with Crippen molar-refractivity contribution in [2.24, 2.45) is 16.8 Å². The van der Waals surface area contributed by atoms with Gasteiger partial charge in [0.25, 0.3) is 0 Å². The molecular weight excluding hydrogens is 258 g/mol. The molecule has 1 aromatic rings. The predicted molar refractivity (Wildman–Crippen MR) is 76.8 cm³/mol. The van der Waals surface area contributed by atoms with Crippen molar-refractivity contribution in [1.82, 2.24) is 5.32 Å². The van der Waals surface area contributed by atoms with Crippen LogP contribution in [0.3, 0.4) is 0 Å². The van der Waals surface area contributed by atoms with Gasteiger partial charge in [0.15, 0.2) is 5.84 Å². The van der Waals surface area contributed by atoms with E-state index in [0.717, 1.165) is 12.2 Å². The fraction of sp³-hybridized carbons (Fsp3) is 0.429. The Bertz CT molecular complexity index is 435. The fourth-order valence-corrected chi connectivity index (χ4v) is 1.75. The molecule has 0 aliphatic carbocycles. The van der Waals surface area contributed by atoms with Crippen LogP contribution < -0.4 is 15.8 Å². The molecule has 0 saturated carbocycles. The number of carbonyl (C=O) groups excluding carboxylic acids is 1. The van der Waals surface area contributed by atoms with Gasteiger partial charge in [-0.2, -0.15) is 0 Å². The molecule has 0 aliphatic rings. The van der Waals surface area contributed by atoms with Crippen LogP contribution in [0, 0.1) is 5.92 Å². The summed E-state index contributed by atoms with van der Waals surface area (Å²) < 4.78 is 5.46. The van der Waals surface area contributed by atoms with Gasteiger partial charge in [0.2, 0.25) is 5.91 Å². The maximum atomic E-state index is 11.9. The number of carbonyl (C=O) groups is 1. The molecule has 0 radical (unpaired) electrons. The third-order valence-corrected chi connectivity index (χ3v) is 2.78. The Balaban J connectivity index is 2.34. The van der Waals surface area contributed by atoms with Gasteiger partial charge in [-0.25, -0.2) is 0 Å². The van der Waals surface area contributed by atoms with Crippen molar-refractivity contribution in [2.75, 3.05) is 13.2 Å². The summed E-state index contributed by atoms with van der Waals surface area (Å²) in [6.45, 7) is 2.67.